The maximum absolute atomic E-state index is 11.7. The molecule has 4 heteroatoms. The monoisotopic (exact) mass is 223 g/mol. The van der Waals surface area contributed by atoms with Gasteiger partial charge in [0.2, 0.25) is 0 Å². The zero-order valence-electron chi connectivity index (χ0n) is 10.2. The van der Waals surface area contributed by atoms with E-state index in [0.717, 1.165) is 24.2 Å². The van der Waals surface area contributed by atoms with Crippen LogP contribution in [0.1, 0.15) is 35.0 Å². The van der Waals surface area contributed by atoms with Crippen LogP contribution in [-0.2, 0) is 16.1 Å². The molecule has 88 valence electrons. The van der Waals surface area contributed by atoms with E-state index in [1.54, 1.807) is 6.20 Å². The third-order valence-corrected chi connectivity index (χ3v) is 2.74. The van der Waals surface area contributed by atoms with Gasteiger partial charge in [0.25, 0.3) is 5.78 Å². The van der Waals surface area contributed by atoms with Crippen molar-refractivity contribution in [2.24, 2.45) is 0 Å². The number of aryl methyl sites for hydroxylation is 1. The first-order valence-corrected chi connectivity index (χ1v) is 5.31. The number of hydrogen-bond donors (Lipinski definition) is 0. The number of aromatic nitrogens is 1. The molecule has 0 bridgehead atoms. The molecule has 0 saturated heterocycles. The smallest absolute Gasteiger partial charge is 0.379 e. The van der Waals surface area contributed by atoms with Crippen LogP contribution in [0.3, 0.4) is 0 Å². The van der Waals surface area contributed by atoms with Crippen molar-refractivity contribution in [1.29, 1.82) is 0 Å². The van der Waals surface area contributed by atoms with E-state index in [0.29, 0.717) is 5.56 Å². The van der Waals surface area contributed by atoms with Gasteiger partial charge >= 0.3 is 5.97 Å². The van der Waals surface area contributed by atoms with E-state index in [4.69, 9.17) is 0 Å². The van der Waals surface area contributed by atoms with Crippen molar-refractivity contribution in [3.8, 4) is 0 Å². The first-order chi connectivity index (χ1) is 7.52. The second-order valence-corrected chi connectivity index (χ2v) is 3.77. The highest BCUT2D eigenvalue weighted by Crippen LogP contribution is 2.17. The highest BCUT2D eigenvalue weighted by Gasteiger charge is 2.22. The average molecular weight is 223 g/mol. The van der Waals surface area contributed by atoms with Gasteiger partial charge in [-0.1, -0.05) is 6.92 Å². The lowest BCUT2D eigenvalue weighted by Gasteiger charge is -2.02. The number of carbonyl (C=O) groups is 2. The molecule has 1 aromatic rings. The lowest BCUT2D eigenvalue weighted by molar-refractivity contribution is -0.135. The fraction of sp³-hybridized carbons (Fsp3) is 0.500. The maximum Gasteiger partial charge on any atom is 0.379 e. The van der Waals surface area contributed by atoms with Gasteiger partial charge in [0.05, 0.1) is 12.7 Å². The number of carbonyl (C=O) groups excluding carboxylic acids is 2. The van der Waals surface area contributed by atoms with E-state index in [2.05, 4.69) is 11.7 Å². The van der Waals surface area contributed by atoms with Gasteiger partial charge in [-0.15, -0.1) is 0 Å². The van der Waals surface area contributed by atoms with Gasteiger partial charge in [-0.25, -0.2) is 4.79 Å². The van der Waals surface area contributed by atoms with Crippen LogP contribution in [0.5, 0.6) is 0 Å². The highest BCUT2D eigenvalue weighted by molar-refractivity contribution is 6.41. The number of ether oxygens (including phenoxy) is 1. The second kappa shape index (κ2) is 4.96. The minimum Gasteiger partial charge on any atom is -0.463 e. The standard InChI is InChI=1S/C12H17NO3/c1-5-6-13-7-10(8(2)9(13)3)11(14)12(15)16-4/h7H,5-6H2,1-4H3. The minimum atomic E-state index is -0.809. The molecule has 1 heterocycles. The molecule has 0 amide bonds. The van der Waals surface area contributed by atoms with Gasteiger partial charge < -0.3 is 9.30 Å². The molecule has 0 saturated carbocycles. The van der Waals surface area contributed by atoms with Crippen LogP contribution in [0.25, 0.3) is 0 Å². The van der Waals surface area contributed by atoms with Crippen LogP contribution in [-0.4, -0.2) is 23.4 Å². The molecule has 0 aromatic carbocycles. The van der Waals surface area contributed by atoms with Crippen molar-refractivity contribution in [3.05, 3.63) is 23.0 Å². The normalized spacial score (nSPS) is 10.2. The van der Waals surface area contributed by atoms with Gasteiger partial charge in [-0.2, -0.15) is 0 Å². The van der Waals surface area contributed by atoms with Crippen LogP contribution >= 0.6 is 0 Å². The summed E-state index contributed by atoms with van der Waals surface area (Å²) < 4.78 is 6.42. The van der Waals surface area contributed by atoms with Gasteiger partial charge in [-0.3, -0.25) is 4.79 Å². The number of rotatable bonds is 4. The zero-order valence-corrected chi connectivity index (χ0v) is 10.2. The molecule has 0 atom stereocenters. The number of hydrogen-bond acceptors (Lipinski definition) is 3. The lowest BCUT2D eigenvalue weighted by Crippen LogP contribution is -2.15. The SMILES string of the molecule is CCCn1cc(C(=O)C(=O)OC)c(C)c1C. The molecular formula is C12H17NO3. The van der Waals surface area contributed by atoms with Gasteiger partial charge in [0.15, 0.2) is 0 Å². The summed E-state index contributed by atoms with van der Waals surface area (Å²) in [6, 6.07) is 0. The number of esters is 1. The third kappa shape index (κ3) is 2.15. The molecule has 16 heavy (non-hydrogen) atoms. The molecule has 0 aliphatic rings. The summed E-state index contributed by atoms with van der Waals surface area (Å²) in [6.45, 7) is 6.70. The van der Waals surface area contributed by atoms with E-state index >= 15 is 0 Å². The summed E-state index contributed by atoms with van der Waals surface area (Å²) in [4.78, 5) is 22.8. The van der Waals surface area contributed by atoms with Crippen molar-refractivity contribution in [1.82, 2.24) is 4.57 Å². The second-order valence-electron chi connectivity index (χ2n) is 3.77. The predicted molar refractivity (Wildman–Crippen MR) is 60.5 cm³/mol. The fourth-order valence-electron chi connectivity index (χ4n) is 1.66. The van der Waals surface area contributed by atoms with E-state index in [1.807, 2.05) is 18.4 Å². The number of Topliss-reactive ketones (excluding diaryl/α,β-unsaturated/α-hetero) is 1. The Kier molecular flexibility index (Phi) is 3.88. The molecule has 0 aliphatic heterocycles. The molecule has 0 N–H and O–H groups in total. The zero-order chi connectivity index (χ0) is 12.3. The Hall–Kier alpha value is -1.58. The molecule has 1 rings (SSSR count). The van der Waals surface area contributed by atoms with E-state index in [-0.39, 0.29) is 0 Å². The topological polar surface area (TPSA) is 48.3 Å². The Bertz CT molecular complexity index is 418. The molecular weight excluding hydrogens is 206 g/mol. The molecule has 4 nitrogen and oxygen atoms in total. The summed E-state index contributed by atoms with van der Waals surface area (Å²) >= 11 is 0. The molecule has 0 spiro atoms. The van der Waals surface area contributed by atoms with Crippen LogP contribution in [0, 0.1) is 13.8 Å². The van der Waals surface area contributed by atoms with Crippen molar-refractivity contribution < 1.29 is 14.3 Å². The Morgan fingerprint density at radius 1 is 1.38 bits per heavy atom. The molecule has 0 radical (unpaired) electrons. The third-order valence-electron chi connectivity index (χ3n) is 2.74. The van der Waals surface area contributed by atoms with Gasteiger partial charge in [0, 0.05) is 18.4 Å². The largest absolute Gasteiger partial charge is 0.463 e. The summed E-state index contributed by atoms with van der Waals surface area (Å²) in [5.74, 6) is -1.38. The molecule has 0 unspecified atom stereocenters. The van der Waals surface area contributed by atoms with E-state index < -0.39 is 11.8 Å². The van der Waals surface area contributed by atoms with E-state index in [9.17, 15) is 9.59 Å². The first-order valence-electron chi connectivity index (χ1n) is 5.31. The Labute approximate surface area is 95.2 Å². The summed E-state index contributed by atoms with van der Waals surface area (Å²) in [6.07, 6.45) is 2.72. The Balaban J connectivity index is 3.10. The van der Waals surface area contributed by atoms with Crippen LogP contribution < -0.4 is 0 Å². The first kappa shape index (κ1) is 12.5. The van der Waals surface area contributed by atoms with Crippen molar-refractivity contribution in [2.75, 3.05) is 7.11 Å². The van der Waals surface area contributed by atoms with Crippen molar-refractivity contribution in [2.45, 2.75) is 33.7 Å². The quantitative estimate of drug-likeness (QED) is 0.445. The number of nitrogens with zero attached hydrogens (tertiary/aromatic N) is 1. The van der Waals surface area contributed by atoms with Gasteiger partial charge in [0.1, 0.15) is 0 Å². The molecule has 0 fully saturated rings. The average Bonchev–Trinajstić information content (AvgIpc) is 2.56. The van der Waals surface area contributed by atoms with Crippen LogP contribution in [0.2, 0.25) is 0 Å². The summed E-state index contributed by atoms with van der Waals surface area (Å²) in [5.41, 5.74) is 2.32. The van der Waals surface area contributed by atoms with Crippen molar-refractivity contribution in [3.63, 3.8) is 0 Å². The van der Waals surface area contributed by atoms with Crippen LogP contribution in [0.15, 0.2) is 6.20 Å². The van der Waals surface area contributed by atoms with E-state index in [1.165, 1.54) is 7.11 Å². The minimum absolute atomic E-state index is 0.442. The molecule has 1 aromatic heterocycles. The molecule has 0 aliphatic carbocycles. The number of methoxy groups -OCH3 is 1. The lowest BCUT2D eigenvalue weighted by atomic mass is 10.1. The Morgan fingerprint density at radius 2 is 2.00 bits per heavy atom. The Morgan fingerprint density at radius 3 is 2.50 bits per heavy atom. The maximum atomic E-state index is 11.7. The summed E-state index contributed by atoms with van der Waals surface area (Å²) in [7, 11) is 1.21. The summed E-state index contributed by atoms with van der Waals surface area (Å²) in [5, 5.41) is 0. The number of ketones is 1. The highest BCUT2D eigenvalue weighted by atomic mass is 16.5. The van der Waals surface area contributed by atoms with Crippen molar-refractivity contribution >= 4 is 11.8 Å². The fourth-order valence-corrected chi connectivity index (χ4v) is 1.66. The van der Waals surface area contributed by atoms with Crippen LogP contribution in [0.4, 0.5) is 0 Å². The predicted octanol–water partition coefficient (Wildman–Crippen LogP) is 1.87. The van der Waals surface area contributed by atoms with Gasteiger partial charge in [-0.05, 0) is 25.8 Å².